The van der Waals surface area contributed by atoms with Crippen molar-refractivity contribution in [2.75, 3.05) is 39.1 Å². The lowest BCUT2D eigenvalue weighted by Crippen LogP contribution is -2.40. The van der Waals surface area contributed by atoms with Gasteiger partial charge in [-0.3, -0.25) is 33.8 Å². The molecular weight excluding hydrogens is 574 g/mol. The fourth-order valence-electron chi connectivity index (χ4n) is 4.28. The maximum absolute atomic E-state index is 12.8. The molecule has 0 aromatic rings. The van der Waals surface area contributed by atoms with Gasteiger partial charge >= 0.3 is 5.97 Å². The number of hydrogen-bond donors (Lipinski definition) is 2. The van der Waals surface area contributed by atoms with Gasteiger partial charge in [-0.25, -0.2) is 4.79 Å². The van der Waals surface area contributed by atoms with Gasteiger partial charge in [0.25, 0.3) is 0 Å². The van der Waals surface area contributed by atoms with E-state index in [9.17, 15) is 28.8 Å². The van der Waals surface area contributed by atoms with Crippen molar-refractivity contribution in [2.45, 2.75) is 94.5 Å². The van der Waals surface area contributed by atoms with E-state index in [0.29, 0.717) is 25.2 Å². The fraction of sp³-hybridized carbons (Fsp3) is 0.778. The van der Waals surface area contributed by atoms with Crippen molar-refractivity contribution >= 4 is 59.9 Å². The van der Waals surface area contributed by atoms with Crippen LogP contribution >= 0.6 is 24.4 Å². The highest BCUT2D eigenvalue weighted by molar-refractivity contribution is 8.00. The van der Waals surface area contributed by atoms with Gasteiger partial charge in [0.15, 0.2) is 0 Å². The Morgan fingerprint density at radius 2 is 1.54 bits per heavy atom. The molecule has 0 saturated carbocycles. The number of carboxylic acids is 1. The predicted octanol–water partition coefficient (Wildman–Crippen LogP) is 1.60. The van der Waals surface area contributed by atoms with Gasteiger partial charge in [-0.15, -0.1) is 11.8 Å². The molecule has 0 radical (unpaired) electrons. The molecule has 14 heteroatoms. The normalized spacial score (nSPS) is 20.8. The first-order valence-electron chi connectivity index (χ1n) is 13.7. The van der Waals surface area contributed by atoms with Crippen LogP contribution in [0.4, 0.5) is 0 Å². The second-order valence-electron chi connectivity index (χ2n) is 11.5. The highest BCUT2D eigenvalue weighted by Crippen LogP contribution is 2.27. The Morgan fingerprint density at radius 3 is 2.12 bits per heavy atom. The van der Waals surface area contributed by atoms with E-state index in [-0.39, 0.29) is 68.5 Å². The molecule has 2 heterocycles. The molecule has 0 aromatic heterocycles. The summed E-state index contributed by atoms with van der Waals surface area (Å²) < 4.78 is 12.0. The number of amides is 5. The molecule has 1 N–H and O–H groups in total. The van der Waals surface area contributed by atoms with Gasteiger partial charge in [0.05, 0.1) is 41.5 Å². The molecule has 232 valence electrons. The van der Waals surface area contributed by atoms with Gasteiger partial charge in [0.1, 0.15) is 6.04 Å². The zero-order valence-electron chi connectivity index (χ0n) is 24.7. The first-order valence-corrected chi connectivity index (χ1v) is 15.3. The quantitative estimate of drug-likeness (QED) is 0.182. The molecule has 12 nitrogen and oxygen atoms in total. The standard InChI is InChI=1S/C27H43N3O9S2/c1-17(25(36)37)28(6)20(31)7-14-41-19-16-22(33)30(24(19)35)11-13-39-27(4,5)9-12-38-26(2,3)8-10-29-21(32)15-18(40)23(29)34/h17-19,40H,7-16H2,1-6H3,(H,36,37)/t17-,18?,19?/m0/s1. The van der Waals surface area contributed by atoms with E-state index >= 15 is 0 Å². The average molecular weight is 618 g/mol. The lowest BCUT2D eigenvalue weighted by atomic mass is 10.0. The van der Waals surface area contributed by atoms with Crippen LogP contribution in [0.15, 0.2) is 0 Å². The summed E-state index contributed by atoms with van der Waals surface area (Å²) in [6, 6.07) is -0.944. The van der Waals surface area contributed by atoms with Crippen LogP contribution in [-0.4, -0.2) is 122 Å². The molecule has 2 fully saturated rings. The second kappa shape index (κ2) is 14.8. The Kier molecular flexibility index (Phi) is 12.7. The van der Waals surface area contributed by atoms with Crippen molar-refractivity contribution in [2.24, 2.45) is 0 Å². The Morgan fingerprint density at radius 1 is 0.976 bits per heavy atom. The van der Waals surface area contributed by atoms with Gasteiger partial charge in [0.2, 0.25) is 29.5 Å². The molecule has 2 rings (SSSR count). The Labute approximate surface area is 251 Å². The second-order valence-corrected chi connectivity index (χ2v) is 13.5. The summed E-state index contributed by atoms with van der Waals surface area (Å²) in [5.74, 6) is -2.23. The highest BCUT2D eigenvalue weighted by atomic mass is 32.2. The summed E-state index contributed by atoms with van der Waals surface area (Å²) >= 11 is 5.36. The lowest BCUT2D eigenvalue weighted by Gasteiger charge is -2.31. The SMILES string of the molecule is C[C@@H](C(=O)O)N(C)C(=O)CCSC1CC(=O)N(CCOC(C)(C)CCOC(C)(C)CCN2C(=O)CC(S)C2=O)C1=O. The number of likely N-dealkylation sites (N-methyl/N-ethyl adjacent to an activating group) is 1. The summed E-state index contributed by atoms with van der Waals surface area (Å²) in [6.07, 6.45) is 1.26. The van der Waals surface area contributed by atoms with Crippen molar-refractivity contribution in [3.05, 3.63) is 0 Å². The predicted molar refractivity (Wildman–Crippen MR) is 155 cm³/mol. The first-order chi connectivity index (χ1) is 19.0. The average Bonchev–Trinajstić information content (AvgIpc) is 3.28. The van der Waals surface area contributed by atoms with E-state index in [1.807, 2.05) is 27.7 Å². The number of hydrogen-bond acceptors (Lipinski definition) is 10. The van der Waals surface area contributed by atoms with Crippen LogP contribution in [0.1, 0.15) is 66.7 Å². The van der Waals surface area contributed by atoms with Crippen LogP contribution in [-0.2, 0) is 38.2 Å². The van der Waals surface area contributed by atoms with E-state index in [1.165, 1.54) is 35.5 Å². The van der Waals surface area contributed by atoms with Crippen molar-refractivity contribution in [3.63, 3.8) is 0 Å². The van der Waals surface area contributed by atoms with E-state index < -0.39 is 33.7 Å². The van der Waals surface area contributed by atoms with Crippen molar-refractivity contribution in [1.82, 2.24) is 14.7 Å². The smallest absolute Gasteiger partial charge is 0.326 e. The largest absolute Gasteiger partial charge is 0.480 e. The lowest BCUT2D eigenvalue weighted by molar-refractivity contribution is -0.148. The van der Waals surface area contributed by atoms with Crippen molar-refractivity contribution in [1.29, 1.82) is 0 Å². The number of rotatable bonds is 17. The van der Waals surface area contributed by atoms with Crippen LogP contribution in [0.2, 0.25) is 0 Å². The zero-order chi connectivity index (χ0) is 31.1. The highest BCUT2D eigenvalue weighted by Gasteiger charge is 2.39. The van der Waals surface area contributed by atoms with E-state index in [4.69, 9.17) is 14.6 Å². The Hall–Kier alpha value is -2.16. The number of imide groups is 2. The minimum atomic E-state index is -1.10. The van der Waals surface area contributed by atoms with Crippen LogP contribution < -0.4 is 0 Å². The summed E-state index contributed by atoms with van der Waals surface area (Å²) in [7, 11) is 1.42. The Balaban J connectivity index is 1.70. The van der Waals surface area contributed by atoms with Crippen molar-refractivity contribution in [3.8, 4) is 0 Å². The molecule has 41 heavy (non-hydrogen) atoms. The molecule has 2 saturated heterocycles. The van der Waals surface area contributed by atoms with Gasteiger partial charge in [-0.2, -0.15) is 12.6 Å². The maximum Gasteiger partial charge on any atom is 0.326 e. The molecule has 5 amide bonds. The van der Waals surface area contributed by atoms with E-state index in [1.54, 1.807) is 0 Å². The van der Waals surface area contributed by atoms with Gasteiger partial charge < -0.3 is 19.5 Å². The van der Waals surface area contributed by atoms with Crippen LogP contribution in [0.25, 0.3) is 0 Å². The number of likely N-dealkylation sites (tertiary alicyclic amines) is 2. The summed E-state index contributed by atoms with van der Waals surface area (Å²) in [5, 5.41) is 7.89. The number of thioether (sulfide) groups is 1. The first kappa shape index (κ1) is 35.0. The summed E-state index contributed by atoms with van der Waals surface area (Å²) in [6.45, 7) is 9.92. The number of ether oxygens (including phenoxy) is 2. The van der Waals surface area contributed by atoms with Gasteiger partial charge in [0, 0.05) is 38.6 Å². The molecule has 2 aliphatic heterocycles. The summed E-state index contributed by atoms with van der Waals surface area (Å²) in [4.78, 5) is 76.0. The van der Waals surface area contributed by atoms with Gasteiger partial charge in [-0.05, 0) is 47.5 Å². The fourth-order valence-corrected chi connectivity index (χ4v) is 5.68. The number of carbonyl (C=O) groups is 6. The minimum Gasteiger partial charge on any atom is -0.480 e. The molecule has 2 aliphatic rings. The molecule has 0 spiro atoms. The monoisotopic (exact) mass is 617 g/mol. The zero-order valence-corrected chi connectivity index (χ0v) is 26.4. The third-order valence-corrected chi connectivity index (χ3v) is 8.95. The maximum atomic E-state index is 12.8. The minimum absolute atomic E-state index is 0.0502. The molecular formula is C27H43N3O9S2. The van der Waals surface area contributed by atoms with Crippen LogP contribution in [0.3, 0.4) is 0 Å². The van der Waals surface area contributed by atoms with Crippen LogP contribution in [0, 0.1) is 0 Å². The van der Waals surface area contributed by atoms with Gasteiger partial charge in [-0.1, -0.05) is 0 Å². The molecule has 3 atom stereocenters. The third kappa shape index (κ3) is 10.3. The topological polar surface area (TPSA) is 151 Å². The number of thiol groups is 1. The molecule has 0 aliphatic carbocycles. The number of carboxylic acid groups (broad SMARTS) is 1. The number of carbonyl (C=O) groups excluding carboxylic acids is 5. The molecule has 0 aromatic carbocycles. The molecule has 2 unspecified atom stereocenters. The molecule has 0 bridgehead atoms. The number of nitrogens with zero attached hydrogens (tertiary/aromatic N) is 3. The number of aliphatic carboxylic acids is 1. The van der Waals surface area contributed by atoms with E-state index in [2.05, 4.69) is 12.6 Å². The van der Waals surface area contributed by atoms with Crippen LogP contribution in [0.5, 0.6) is 0 Å². The summed E-state index contributed by atoms with van der Waals surface area (Å²) in [5.41, 5.74) is -1.16. The van der Waals surface area contributed by atoms with E-state index in [0.717, 1.165) is 4.90 Å². The van der Waals surface area contributed by atoms with Crippen molar-refractivity contribution < 1.29 is 43.3 Å². The Bertz CT molecular complexity index is 1020. The third-order valence-electron chi connectivity index (χ3n) is 7.33.